The fraction of sp³-hybridized carbons (Fsp3) is 0.583. The number of rotatable bonds is 3. The van der Waals surface area contributed by atoms with Crippen LogP contribution in [-0.2, 0) is 11.3 Å². The Morgan fingerprint density at radius 2 is 2.28 bits per heavy atom. The summed E-state index contributed by atoms with van der Waals surface area (Å²) in [4.78, 5) is 24.9. The minimum atomic E-state index is -0.930. The second-order valence-corrected chi connectivity index (χ2v) is 4.48. The molecule has 0 aromatic carbocycles. The van der Waals surface area contributed by atoms with Gasteiger partial charge in [-0.3, -0.25) is 9.48 Å². The average Bonchev–Trinajstić information content (AvgIpc) is 2.93. The van der Waals surface area contributed by atoms with Gasteiger partial charge in [0.15, 0.2) is 0 Å². The van der Waals surface area contributed by atoms with Crippen LogP contribution in [0.3, 0.4) is 0 Å². The summed E-state index contributed by atoms with van der Waals surface area (Å²) in [5.41, 5.74) is 1.24. The van der Waals surface area contributed by atoms with E-state index >= 15 is 0 Å². The molecule has 6 heteroatoms. The fourth-order valence-corrected chi connectivity index (χ4v) is 2.37. The molecule has 6 nitrogen and oxygen atoms in total. The first-order valence-electron chi connectivity index (χ1n) is 6.12. The maximum atomic E-state index is 12.4. The number of amides is 1. The van der Waals surface area contributed by atoms with Gasteiger partial charge in [0.05, 0.1) is 5.69 Å². The molecule has 2 rings (SSSR count). The van der Waals surface area contributed by atoms with Crippen LogP contribution in [0.2, 0.25) is 0 Å². The monoisotopic (exact) mass is 251 g/mol. The van der Waals surface area contributed by atoms with Gasteiger partial charge in [-0.15, -0.1) is 0 Å². The van der Waals surface area contributed by atoms with E-state index in [1.807, 2.05) is 13.8 Å². The predicted molar refractivity (Wildman–Crippen MR) is 64.3 cm³/mol. The first kappa shape index (κ1) is 12.6. The third-order valence-electron chi connectivity index (χ3n) is 3.22. The van der Waals surface area contributed by atoms with Crippen molar-refractivity contribution in [2.75, 3.05) is 6.54 Å². The van der Waals surface area contributed by atoms with Crippen LogP contribution < -0.4 is 0 Å². The number of aromatic nitrogens is 2. The van der Waals surface area contributed by atoms with E-state index in [4.69, 9.17) is 5.11 Å². The zero-order valence-corrected chi connectivity index (χ0v) is 10.6. The number of hydrogen-bond acceptors (Lipinski definition) is 3. The van der Waals surface area contributed by atoms with Gasteiger partial charge in [0.25, 0.3) is 5.91 Å². The molecule has 0 saturated carbocycles. The van der Waals surface area contributed by atoms with Gasteiger partial charge in [0.1, 0.15) is 11.7 Å². The molecule has 0 bridgehead atoms. The van der Waals surface area contributed by atoms with Crippen molar-refractivity contribution in [2.45, 2.75) is 39.3 Å². The van der Waals surface area contributed by atoms with Crippen LogP contribution in [0.1, 0.15) is 35.9 Å². The summed E-state index contributed by atoms with van der Waals surface area (Å²) in [5, 5.41) is 13.3. The predicted octanol–water partition coefficient (Wildman–Crippen LogP) is 0.901. The third kappa shape index (κ3) is 2.10. The second kappa shape index (κ2) is 4.80. The molecule has 1 amide bonds. The third-order valence-corrected chi connectivity index (χ3v) is 3.22. The molecule has 0 aliphatic carbocycles. The van der Waals surface area contributed by atoms with Crippen molar-refractivity contribution in [3.8, 4) is 0 Å². The smallest absolute Gasteiger partial charge is 0.326 e. The van der Waals surface area contributed by atoms with Gasteiger partial charge in [-0.2, -0.15) is 5.10 Å². The first-order valence-corrected chi connectivity index (χ1v) is 6.12. The van der Waals surface area contributed by atoms with Gasteiger partial charge in [-0.05, 0) is 32.8 Å². The van der Waals surface area contributed by atoms with Crippen molar-refractivity contribution < 1.29 is 14.7 Å². The Bertz CT molecular complexity index is 481. The van der Waals surface area contributed by atoms with Crippen LogP contribution >= 0.6 is 0 Å². The Hall–Kier alpha value is -1.85. The molecule has 18 heavy (non-hydrogen) atoms. The van der Waals surface area contributed by atoms with Crippen molar-refractivity contribution in [1.82, 2.24) is 14.7 Å². The standard InChI is InChI=1S/C12H17N3O3/c1-3-15-10(7-8(2)13-15)11(16)14-6-4-5-9(14)12(17)18/h7,9H,3-6H2,1-2H3,(H,17,18)/t9-/m1/s1. The lowest BCUT2D eigenvalue weighted by Crippen LogP contribution is -2.41. The van der Waals surface area contributed by atoms with Crippen molar-refractivity contribution in [1.29, 1.82) is 0 Å². The number of carbonyl (C=O) groups excluding carboxylic acids is 1. The molecule has 1 aromatic heterocycles. The summed E-state index contributed by atoms with van der Waals surface area (Å²) in [6, 6.07) is 1.02. The fourth-order valence-electron chi connectivity index (χ4n) is 2.37. The highest BCUT2D eigenvalue weighted by Crippen LogP contribution is 2.20. The quantitative estimate of drug-likeness (QED) is 0.866. The molecular formula is C12H17N3O3. The molecule has 1 atom stereocenters. The van der Waals surface area contributed by atoms with Crippen LogP contribution in [-0.4, -0.2) is 44.3 Å². The van der Waals surface area contributed by atoms with Gasteiger partial charge in [-0.25, -0.2) is 4.79 Å². The molecule has 1 aliphatic rings. The molecule has 1 aliphatic heterocycles. The van der Waals surface area contributed by atoms with Crippen LogP contribution in [0.5, 0.6) is 0 Å². The van der Waals surface area contributed by atoms with Crippen LogP contribution in [0, 0.1) is 6.92 Å². The number of carboxylic acid groups (broad SMARTS) is 1. The minimum Gasteiger partial charge on any atom is -0.480 e. The van der Waals surface area contributed by atoms with E-state index in [0.29, 0.717) is 25.2 Å². The molecule has 0 radical (unpaired) electrons. The van der Waals surface area contributed by atoms with E-state index in [1.54, 1.807) is 10.7 Å². The molecular weight excluding hydrogens is 234 g/mol. The van der Waals surface area contributed by atoms with Gasteiger partial charge in [0.2, 0.25) is 0 Å². The van der Waals surface area contributed by atoms with Gasteiger partial charge in [0, 0.05) is 13.1 Å². The lowest BCUT2D eigenvalue weighted by Gasteiger charge is -2.21. The Morgan fingerprint density at radius 1 is 1.56 bits per heavy atom. The number of carbonyl (C=O) groups is 2. The highest BCUT2D eigenvalue weighted by Gasteiger charge is 2.35. The SMILES string of the molecule is CCn1nc(C)cc1C(=O)N1CCC[C@@H]1C(=O)O. The van der Waals surface area contributed by atoms with E-state index in [0.717, 1.165) is 12.1 Å². The number of carboxylic acids is 1. The molecule has 1 N–H and O–H groups in total. The van der Waals surface area contributed by atoms with Gasteiger partial charge < -0.3 is 10.0 Å². The van der Waals surface area contributed by atoms with Crippen molar-refractivity contribution in [2.24, 2.45) is 0 Å². The number of likely N-dealkylation sites (tertiary alicyclic amines) is 1. The number of aryl methyl sites for hydroxylation is 2. The molecule has 1 aromatic rings. The molecule has 98 valence electrons. The van der Waals surface area contributed by atoms with E-state index in [9.17, 15) is 9.59 Å². The second-order valence-electron chi connectivity index (χ2n) is 4.48. The lowest BCUT2D eigenvalue weighted by molar-refractivity contribution is -0.141. The number of nitrogens with zero attached hydrogens (tertiary/aromatic N) is 3. The van der Waals surface area contributed by atoms with Crippen molar-refractivity contribution in [3.63, 3.8) is 0 Å². The van der Waals surface area contributed by atoms with Crippen LogP contribution in [0.15, 0.2) is 6.07 Å². The zero-order valence-electron chi connectivity index (χ0n) is 10.6. The van der Waals surface area contributed by atoms with Crippen LogP contribution in [0.25, 0.3) is 0 Å². The average molecular weight is 251 g/mol. The maximum absolute atomic E-state index is 12.4. The molecule has 0 spiro atoms. The Balaban J connectivity index is 2.27. The summed E-state index contributed by atoms with van der Waals surface area (Å²) >= 11 is 0. The summed E-state index contributed by atoms with van der Waals surface area (Å²) in [7, 11) is 0. The highest BCUT2D eigenvalue weighted by molar-refractivity contribution is 5.95. The summed E-state index contributed by atoms with van der Waals surface area (Å²) in [6.45, 7) is 4.83. The minimum absolute atomic E-state index is 0.234. The van der Waals surface area contributed by atoms with Crippen molar-refractivity contribution in [3.05, 3.63) is 17.5 Å². The van der Waals surface area contributed by atoms with Gasteiger partial charge in [-0.1, -0.05) is 0 Å². The lowest BCUT2D eigenvalue weighted by atomic mass is 10.2. The normalized spacial score (nSPS) is 19.2. The Kier molecular flexibility index (Phi) is 3.36. The first-order chi connectivity index (χ1) is 8.54. The summed E-state index contributed by atoms with van der Waals surface area (Å²) in [5.74, 6) is -1.16. The molecule has 0 unspecified atom stereocenters. The number of aliphatic carboxylic acids is 1. The molecule has 1 saturated heterocycles. The summed E-state index contributed by atoms with van der Waals surface area (Å²) < 4.78 is 1.62. The largest absolute Gasteiger partial charge is 0.480 e. The zero-order chi connectivity index (χ0) is 13.3. The van der Waals surface area contributed by atoms with E-state index in [1.165, 1.54) is 4.90 Å². The van der Waals surface area contributed by atoms with Crippen molar-refractivity contribution >= 4 is 11.9 Å². The van der Waals surface area contributed by atoms with E-state index in [-0.39, 0.29) is 5.91 Å². The van der Waals surface area contributed by atoms with Gasteiger partial charge >= 0.3 is 5.97 Å². The maximum Gasteiger partial charge on any atom is 0.326 e. The summed E-state index contributed by atoms with van der Waals surface area (Å²) in [6.07, 6.45) is 1.27. The van der Waals surface area contributed by atoms with E-state index < -0.39 is 12.0 Å². The van der Waals surface area contributed by atoms with Crippen LogP contribution in [0.4, 0.5) is 0 Å². The van der Waals surface area contributed by atoms with E-state index in [2.05, 4.69) is 5.10 Å². The molecule has 2 heterocycles. The molecule has 1 fully saturated rings. The number of hydrogen-bond donors (Lipinski definition) is 1. The Morgan fingerprint density at radius 3 is 2.89 bits per heavy atom. The Labute approximate surface area is 105 Å². The topological polar surface area (TPSA) is 75.4 Å². The highest BCUT2D eigenvalue weighted by atomic mass is 16.4.